The summed E-state index contributed by atoms with van der Waals surface area (Å²) in [6.45, 7) is 3.66. The second kappa shape index (κ2) is 10.1. The SMILES string of the molecule is O=C(OC1CC2CNC3CC3CCCCCCCCCN2C1)N1Cc2cccc(F)c2C1. The fraction of sp³-hybridized carbons (Fsp3) is 0.731. The molecule has 3 heterocycles. The first-order valence-electron chi connectivity index (χ1n) is 12.9. The maximum atomic E-state index is 14.1. The van der Waals surface area contributed by atoms with E-state index in [1.54, 1.807) is 11.0 Å². The van der Waals surface area contributed by atoms with Gasteiger partial charge in [-0.25, -0.2) is 9.18 Å². The quantitative estimate of drug-likeness (QED) is 0.675. The summed E-state index contributed by atoms with van der Waals surface area (Å²) in [6.07, 6.45) is 12.6. The summed E-state index contributed by atoms with van der Waals surface area (Å²) in [5.41, 5.74) is 1.52. The zero-order chi connectivity index (χ0) is 21.9. The third-order valence-corrected chi connectivity index (χ3v) is 8.00. The van der Waals surface area contributed by atoms with E-state index < -0.39 is 0 Å². The smallest absolute Gasteiger partial charge is 0.410 e. The molecular formula is C26H38FN3O2. The van der Waals surface area contributed by atoms with Crippen molar-refractivity contribution in [2.75, 3.05) is 19.6 Å². The molecule has 32 heavy (non-hydrogen) atoms. The Morgan fingerprint density at radius 1 is 1.03 bits per heavy atom. The van der Waals surface area contributed by atoms with Crippen molar-refractivity contribution in [2.45, 2.75) is 95.5 Å². The third-order valence-electron chi connectivity index (χ3n) is 8.00. The number of amides is 1. The lowest BCUT2D eigenvalue weighted by atomic mass is 10.1. The summed E-state index contributed by atoms with van der Waals surface area (Å²) in [5, 5.41) is 3.81. The first-order chi connectivity index (χ1) is 15.7. The lowest BCUT2D eigenvalue weighted by Crippen LogP contribution is -2.39. The molecule has 4 unspecified atom stereocenters. The second-order valence-electron chi connectivity index (χ2n) is 10.4. The Morgan fingerprint density at radius 2 is 1.84 bits per heavy atom. The molecule has 1 N–H and O–H groups in total. The first kappa shape index (κ1) is 22.1. The standard InChI is InChI=1S/C26H38FN3O2/c27-24-11-8-10-20-16-30(18-23(20)24)26(31)32-22-14-21-15-28-25-13-19(25)9-6-4-2-1-3-5-7-12-29(21)17-22/h8,10-11,19,21-22,25,28H,1-7,9,12-18H2. The Hall–Kier alpha value is -1.66. The molecular weight excluding hydrogens is 405 g/mol. The highest BCUT2D eigenvalue weighted by atomic mass is 19.1. The number of ether oxygens (including phenoxy) is 1. The van der Waals surface area contributed by atoms with E-state index in [0.717, 1.165) is 37.5 Å². The van der Waals surface area contributed by atoms with Gasteiger partial charge in [-0.15, -0.1) is 0 Å². The number of carbonyl (C=O) groups excluding carboxylic acids is 1. The summed E-state index contributed by atoms with van der Waals surface area (Å²) in [7, 11) is 0. The van der Waals surface area contributed by atoms with Gasteiger partial charge in [0.2, 0.25) is 0 Å². The van der Waals surface area contributed by atoms with Crippen LogP contribution in [0.3, 0.4) is 0 Å². The zero-order valence-electron chi connectivity index (χ0n) is 19.2. The maximum absolute atomic E-state index is 14.1. The molecule has 1 saturated carbocycles. The van der Waals surface area contributed by atoms with Crippen molar-refractivity contribution in [2.24, 2.45) is 5.92 Å². The zero-order valence-corrected chi connectivity index (χ0v) is 19.2. The van der Waals surface area contributed by atoms with E-state index in [2.05, 4.69) is 10.2 Å². The van der Waals surface area contributed by atoms with E-state index in [9.17, 15) is 9.18 Å². The highest BCUT2D eigenvalue weighted by Gasteiger charge is 2.39. The molecule has 4 aliphatic rings. The number of nitrogens with one attached hydrogen (secondary N) is 1. The molecule has 0 bridgehead atoms. The Bertz CT molecular complexity index is 803. The molecule has 2 saturated heterocycles. The summed E-state index contributed by atoms with van der Waals surface area (Å²) >= 11 is 0. The van der Waals surface area contributed by atoms with E-state index in [1.807, 2.05) is 6.07 Å². The number of benzene rings is 1. The van der Waals surface area contributed by atoms with Gasteiger partial charge < -0.3 is 10.1 Å². The number of rotatable bonds is 1. The molecule has 6 heteroatoms. The minimum Gasteiger partial charge on any atom is -0.445 e. The molecule has 1 aromatic rings. The van der Waals surface area contributed by atoms with Crippen LogP contribution in [0.2, 0.25) is 0 Å². The molecule has 3 fully saturated rings. The van der Waals surface area contributed by atoms with Gasteiger partial charge in [-0.2, -0.15) is 0 Å². The molecule has 1 aromatic carbocycles. The van der Waals surface area contributed by atoms with E-state index in [4.69, 9.17) is 4.74 Å². The van der Waals surface area contributed by atoms with Crippen LogP contribution in [0.1, 0.15) is 75.3 Å². The molecule has 0 aromatic heterocycles. The topological polar surface area (TPSA) is 44.8 Å². The number of fused-ring (bicyclic) bond motifs is 3. The van der Waals surface area contributed by atoms with E-state index in [1.165, 1.54) is 63.9 Å². The molecule has 1 aliphatic carbocycles. The summed E-state index contributed by atoms with van der Waals surface area (Å²) in [6, 6.07) is 6.21. The van der Waals surface area contributed by atoms with Gasteiger partial charge in [-0.3, -0.25) is 9.80 Å². The monoisotopic (exact) mass is 443 g/mol. The average Bonchev–Trinajstić information content (AvgIpc) is 3.18. The molecule has 3 aliphatic heterocycles. The van der Waals surface area contributed by atoms with Crippen molar-refractivity contribution in [1.82, 2.24) is 15.1 Å². The fourth-order valence-electron chi connectivity index (χ4n) is 5.95. The van der Waals surface area contributed by atoms with Crippen LogP contribution in [0, 0.1) is 11.7 Å². The number of halogens is 1. The third kappa shape index (κ3) is 5.28. The van der Waals surface area contributed by atoms with E-state index in [-0.39, 0.29) is 18.0 Å². The van der Waals surface area contributed by atoms with Gasteiger partial charge in [-0.1, -0.05) is 50.7 Å². The Morgan fingerprint density at radius 3 is 2.69 bits per heavy atom. The fourth-order valence-corrected chi connectivity index (χ4v) is 5.95. The molecule has 1 amide bonds. The van der Waals surface area contributed by atoms with E-state index in [0.29, 0.717) is 30.7 Å². The van der Waals surface area contributed by atoms with Crippen LogP contribution in [0.25, 0.3) is 0 Å². The lowest BCUT2D eigenvalue weighted by molar-refractivity contribution is 0.0646. The van der Waals surface area contributed by atoms with E-state index >= 15 is 0 Å². The van der Waals surface area contributed by atoms with Crippen molar-refractivity contribution in [3.05, 3.63) is 35.1 Å². The van der Waals surface area contributed by atoms with Crippen LogP contribution in [0.15, 0.2) is 18.2 Å². The van der Waals surface area contributed by atoms with Gasteiger partial charge >= 0.3 is 6.09 Å². The van der Waals surface area contributed by atoms with Crippen LogP contribution >= 0.6 is 0 Å². The molecule has 4 atom stereocenters. The number of hydrogen-bond donors (Lipinski definition) is 1. The highest BCUT2D eigenvalue weighted by molar-refractivity contribution is 5.69. The van der Waals surface area contributed by atoms with Gasteiger partial charge in [0.25, 0.3) is 0 Å². The molecule has 176 valence electrons. The van der Waals surface area contributed by atoms with Crippen LogP contribution in [-0.2, 0) is 17.8 Å². The number of carbonyl (C=O) groups is 1. The van der Waals surface area contributed by atoms with Crippen LogP contribution in [-0.4, -0.2) is 53.7 Å². The van der Waals surface area contributed by atoms with Crippen molar-refractivity contribution < 1.29 is 13.9 Å². The van der Waals surface area contributed by atoms with Gasteiger partial charge in [0.05, 0.1) is 6.54 Å². The van der Waals surface area contributed by atoms with Gasteiger partial charge in [0.15, 0.2) is 0 Å². The molecule has 0 spiro atoms. The van der Waals surface area contributed by atoms with Crippen molar-refractivity contribution >= 4 is 6.09 Å². The Balaban J connectivity index is 1.15. The predicted molar refractivity (Wildman–Crippen MR) is 123 cm³/mol. The molecule has 5 rings (SSSR count). The minimum atomic E-state index is -0.302. The Labute approximate surface area is 191 Å². The molecule has 5 nitrogen and oxygen atoms in total. The minimum absolute atomic E-state index is 0.0725. The van der Waals surface area contributed by atoms with Crippen LogP contribution in [0.4, 0.5) is 9.18 Å². The van der Waals surface area contributed by atoms with Crippen LogP contribution < -0.4 is 5.32 Å². The number of hydrogen-bond acceptors (Lipinski definition) is 4. The largest absolute Gasteiger partial charge is 0.445 e. The van der Waals surface area contributed by atoms with Gasteiger partial charge in [0.1, 0.15) is 11.9 Å². The highest BCUT2D eigenvalue weighted by Crippen LogP contribution is 2.36. The predicted octanol–water partition coefficient (Wildman–Crippen LogP) is 4.83. The first-order valence-corrected chi connectivity index (χ1v) is 12.9. The normalized spacial score (nSPS) is 31.7. The summed E-state index contributed by atoms with van der Waals surface area (Å²) in [5.74, 6) is 0.648. The van der Waals surface area contributed by atoms with Crippen LogP contribution in [0.5, 0.6) is 0 Å². The number of nitrogens with zero attached hydrogens (tertiary/aromatic N) is 2. The second-order valence-corrected chi connectivity index (χ2v) is 10.4. The summed E-state index contributed by atoms with van der Waals surface area (Å²) < 4.78 is 20.0. The van der Waals surface area contributed by atoms with Crippen molar-refractivity contribution in [1.29, 1.82) is 0 Å². The Kier molecular flexibility index (Phi) is 6.98. The van der Waals surface area contributed by atoms with Gasteiger partial charge in [0, 0.05) is 43.7 Å². The maximum Gasteiger partial charge on any atom is 0.410 e. The molecule has 0 radical (unpaired) electrons. The summed E-state index contributed by atoms with van der Waals surface area (Å²) in [4.78, 5) is 17.0. The van der Waals surface area contributed by atoms with Crippen molar-refractivity contribution in [3.63, 3.8) is 0 Å². The lowest BCUT2D eigenvalue weighted by Gasteiger charge is -2.24. The average molecular weight is 444 g/mol. The van der Waals surface area contributed by atoms with Crippen molar-refractivity contribution in [3.8, 4) is 0 Å². The van der Waals surface area contributed by atoms with Gasteiger partial charge in [-0.05, 0) is 43.4 Å².